The Bertz CT molecular complexity index is 1070. The lowest BCUT2D eigenvalue weighted by atomic mass is 9.95. The van der Waals surface area contributed by atoms with Crippen LogP contribution in [0.2, 0.25) is 10.0 Å². The number of aliphatic hydroxyl groups is 1. The largest absolute Gasteiger partial charge is 0.493 e. The summed E-state index contributed by atoms with van der Waals surface area (Å²) in [5.74, 6) is -0.154. The van der Waals surface area contributed by atoms with Crippen LogP contribution >= 0.6 is 23.2 Å². The van der Waals surface area contributed by atoms with Crippen molar-refractivity contribution in [3.63, 3.8) is 0 Å². The van der Waals surface area contributed by atoms with E-state index in [2.05, 4.69) is 4.90 Å². The minimum Gasteiger partial charge on any atom is -0.493 e. The third kappa shape index (κ3) is 6.91. The standard InChI is InChI=1S/C28H34Cl2FNO4/c1-28(2,3)36-27(34)23-13-22(18-4-5-18)26(14-24(23)31)35-16-17-6-8-32(9-7-17)25(15-33)19-10-20(29)12-21(30)11-19/h10-14,17-18,25,33H,4-9,15-16H2,1-3H3. The molecule has 2 aliphatic rings. The monoisotopic (exact) mass is 537 g/mol. The molecule has 36 heavy (non-hydrogen) atoms. The maximum Gasteiger partial charge on any atom is 0.341 e. The number of likely N-dealkylation sites (tertiary alicyclic amines) is 1. The van der Waals surface area contributed by atoms with E-state index in [0.29, 0.717) is 34.2 Å². The first-order chi connectivity index (χ1) is 17.0. The minimum atomic E-state index is -0.693. The Balaban J connectivity index is 1.38. The Kier molecular flexibility index (Phi) is 8.50. The number of carbonyl (C=O) groups excluding carboxylic acids is 1. The molecule has 5 nitrogen and oxygen atoms in total. The fourth-order valence-corrected chi connectivity index (χ4v) is 5.28. The fourth-order valence-electron chi connectivity index (χ4n) is 4.74. The number of halogens is 3. The van der Waals surface area contributed by atoms with Gasteiger partial charge in [0.2, 0.25) is 0 Å². The molecule has 2 fully saturated rings. The molecule has 2 aromatic carbocycles. The molecule has 0 radical (unpaired) electrons. The number of aliphatic hydroxyl groups excluding tert-OH is 1. The molecule has 0 amide bonds. The second-order valence-electron chi connectivity index (χ2n) is 10.8. The van der Waals surface area contributed by atoms with Crippen molar-refractivity contribution in [2.45, 2.75) is 64.0 Å². The summed E-state index contributed by atoms with van der Waals surface area (Å²) in [7, 11) is 0. The number of benzene rings is 2. The zero-order valence-corrected chi connectivity index (χ0v) is 22.5. The summed E-state index contributed by atoms with van der Waals surface area (Å²) in [6.07, 6.45) is 3.79. The third-order valence-corrected chi connectivity index (χ3v) is 7.18. The summed E-state index contributed by atoms with van der Waals surface area (Å²) in [4.78, 5) is 14.7. The first-order valence-corrected chi connectivity index (χ1v) is 13.3. The van der Waals surface area contributed by atoms with Gasteiger partial charge in [-0.25, -0.2) is 9.18 Å². The summed E-state index contributed by atoms with van der Waals surface area (Å²) in [5.41, 5.74) is 1.05. The number of ether oxygens (including phenoxy) is 2. The van der Waals surface area contributed by atoms with Gasteiger partial charge >= 0.3 is 5.97 Å². The van der Waals surface area contributed by atoms with Crippen LogP contribution in [0.25, 0.3) is 0 Å². The molecule has 2 aromatic rings. The summed E-state index contributed by atoms with van der Waals surface area (Å²) in [6, 6.07) is 8.16. The van der Waals surface area contributed by atoms with E-state index in [9.17, 15) is 14.3 Å². The Labute approximate surface area is 222 Å². The van der Waals surface area contributed by atoms with Crippen LogP contribution in [0.3, 0.4) is 0 Å². The molecule has 1 heterocycles. The molecule has 1 N–H and O–H groups in total. The zero-order chi connectivity index (χ0) is 26.0. The van der Waals surface area contributed by atoms with E-state index in [0.717, 1.165) is 49.9 Å². The summed E-state index contributed by atoms with van der Waals surface area (Å²) in [6.45, 7) is 7.34. The molecule has 0 spiro atoms. The maximum absolute atomic E-state index is 14.9. The van der Waals surface area contributed by atoms with Gasteiger partial charge in [-0.05, 0) is 107 Å². The molecule has 4 rings (SSSR count). The fraction of sp³-hybridized carbons (Fsp3) is 0.536. The average molecular weight is 538 g/mol. The molecule has 1 unspecified atom stereocenters. The molecular weight excluding hydrogens is 504 g/mol. The van der Waals surface area contributed by atoms with Crippen LogP contribution in [0, 0.1) is 11.7 Å². The second-order valence-corrected chi connectivity index (χ2v) is 11.7. The van der Waals surface area contributed by atoms with Gasteiger partial charge in [0.1, 0.15) is 17.2 Å². The van der Waals surface area contributed by atoms with Gasteiger partial charge in [0.25, 0.3) is 0 Å². The van der Waals surface area contributed by atoms with Crippen LogP contribution in [0.1, 0.15) is 79.9 Å². The van der Waals surface area contributed by atoms with Crippen LogP contribution < -0.4 is 4.74 Å². The first kappa shape index (κ1) is 27.2. The number of nitrogens with zero attached hydrogens (tertiary/aromatic N) is 1. The van der Waals surface area contributed by atoms with Crippen molar-refractivity contribution >= 4 is 29.2 Å². The number of piperidine rings is 1. The normalized spacial score (nSPS) is 18.2. The molecule has 1 atom stereocenters. The lowest BCUT2D eigenvalue weighted by Crippen LogP contribution is -2.39. The van der Waals surface area contributed by atoms with Crippen LogP contribution in [0.5, 0.6) is 5.75 Å². The Morgan fingerprint density at radius 2 is 1.72 bits per heavy atom. The van der Waals surface area contributed by atoms with E-state index in [-0.39, 0.29) is 18.2 Å². The van der Waals surface area contributed by atoms with Gasteiger partial charge in [-0.15, -0.1) is 0 Å². The van der Waals surface area contributed by atoms with Gasteiger partial charge in [-0.3, -0.25) is 4.90 Å². The number of carbonyl (C=O) groups is 1. The SMILES string of the molecule is CC(C)(C)OC(=O)c1cc(C2CC2)c(OCC2CCN(C(CO)c3cc(Cl)cc(Cl)c3)CC2)cc1F. The highest BCUT2D eigenvalue weighted by Gasteiger charge is 2.32. The quantitative estimate of drug-likeness (QED) is 0.375. The van der Waals surface area contributed by atoms with Crippen molar-refractivity contribution in [1.29, 1.82) is 0 Å². The third-order valence-electron chi connectivity index (χ3n) is 6.74. The molecule has 1 aliphatic heterocycles. The van der Waals surface area contributed by atoms with E-state index in [4.69, 9.17) is 32.7 Å². The minimum absolute atomic E-state index is 0.0220. The summed E-state index contributed by atoms with van der Waals surface area (Å²) < 4.78 is 26.4. The molecular formula is C28H34Cl2FNO4. The molecule has 1 saturated heterocycles. The van der Waals surface area contributed by atoms with E-state index in [1.54, 1.807) is 32.9 Å². The van der Waals surface area contributed by atoms with E-state index in [1.807, 2.05) is 12.1 Å². The summed E-state index contributed by atoms with van der Waals surface area (Å²) >= 11 is 12.3. The van der Waals surface area contributed by atoms with Gasteiger partial charge in [0.05, 0.1) is 24.8 Å². The highest BCUT2D eigenvalue weighted by Crippen LogP contribution is 2.45. The first-order valence-electron chi connectivity index (χ1n) is 12.5. The zero-order valence-electron chi connectivity index (χ0n) is 21.0. The van der Waals surface area contributed by atoms with Crippen LogP contribution in [-0.2, 0) is 4.74 Å². The molecule has 0 bridgehead atoms. The van der Waals surface area contributed by atoms with Gasteiger partial charge in [-0.1, -0.05) is 23.2 Å². The van der Waals surface area contributed by atoms with Gasteiger partial charge in [0.15, 0.2) is 0 Å². The Morgan fingerprint density at radius 1 is 1.08 bits per heavy atom. The number of rotatable bonds is 8. The van der Waals surface area contributed by atoms with Gasteiger partial charge in [0, 0.05) is 16.1 Å². The second kappa shape index (κ2) is 11.3. The van der Waals surface area contributed by atoms with Crippen LogP contribution in [0.15, 0.2) is 30.3 Å². The number of hydrogen-bond donors (Lipinski definition) is 1. The lowest BCUT2D eigenvalue weighted by Gasteiger charge is -2.37. The van der Waals surface area contributed by atoms with Crippen molar-refractivity contribution in [2.75, 3.05) is 26.3 Å². The lowest BCUT2D eigenvalue weighted by molar-refractivity contribution is 0.00645. The van der Waals surface area contributed by atoms with Crippen LogP contribution in [0.4, 0.5) is 4.39 Å². The molecule has 196 valence electrons. The van der Waals surface area contributed by atoms with E-state index < -0.39 is 17.4 Å². The van der Waals surface area contributed by atoms with Gasteiger partial charge in [-0.2, -0.15) is 0 Å². The molecule has 8 heteroatoms. The molecule has 1 saturated carbocycles. The van der Waals surface area contributed by atoms with Crippen molar-refractivity contribution < 1.29 is 23.8 Å². The van der Waals surface area contributed by atoms with Crippen molar-refractivity contribution in [3.8, 4) is 5.75 Å². The highest BCUT2D eigenvalue weighted by atomic mass is 35.5. The van der Waals surface area contributed by atoms with Gasteiger partial charge < -0.3 is 14.6 Å². The van der Waals surface area contributed by atoms with Crippen molar-refractivity contribution in [1.82, 2.24) is 4.90 Å². The van der Waals surface area contributed by atoms with Crippen molar-refractivity contribution in [3.05, 3.63) is 62.9 Å². The predicted octanol–water partition coefficient (Wildman–Crippen LogP) is 6.79. The Hall–Kier alpha value is -1.86. The van der Waals surface area contributed by atoms with Crippen LogP contribution in [-0.4, -0.2) is 47.9 Å². The highest BCUT2D eigenvalue weighted by molar-refractivity contribution is 6.34. The van der Waals surface area contributed by atoms with E-state index in [1.165, 1.54) is 6.07 Å². The van der Waals surface area contributed by atoms with E-state index >= 15 is 0 Å². The molecule has 0 aromatic heterocycles. The van der Waals surface area contributed by atoms with Crippen molar-refractivity contribution in [2.24, 2.45) is 5.92 Å². The maximum atomic E-state index is 14.9. The summed E-state index contributed by atoms with van der Waals surface area (Å²) in [5, 5.41) is 11.2. The molecule has 1 aliphatic carbocycles. The topological polar surface area (TPSA) is 59.0 Å². The predicted molar refractivity (Wildman–Crippen MR) is 140 cm³/mol. The average Bonchev–Trinajstić information content (AvgIpc) is 3.62. The number of esters is 1. The smallest absolute Gasteiger partial charge is 0.341 e. The Morgan fingerprint density at radius 3 is 2.28 bits per heavy atom. The number of hydrogen-bond acceptors (Lipinski definition) is 5.